The van der Waals surface area contributed by atoms with Gasteiger partial charge in [-0.25, -0.2) is 4.98 Å². The van der Waals surface area contributed by atoms with Crippen molar-refractivity contribution < 1.29 is 5.11 Å². The van der Waals surface area contributed by atoms with Crippen LogP contribution >= 0.6 is 0 Å². The number of aryl methyl sites for hydroxylation is 1. The van der Waals surface area contributed by atoms with E-state index in [0.717, 1.165) is 11.1 Å². The van der Waals surface area contributed by atoms with Crippen LogP contribution in [0.1, 0.15) is 11.1 Å². The Morgan fingerprint density at radius 2 is 1.67 bits per heavy atom. The second-order valence-corrected chi connectivity index (χ2v) is 6.19. The molecule has 4 aromatic rings. The molecule has 5 heteroatoms. The maximum absolute atomic E-state index is 13.1. The fraction of sp³-hybridized carbons (Fsp3) is 0.0455. The van der Waals surface area contributed by atoms with Gasteiger partial charge in [0.1, 0.15) is 5.75 Å². The molecule has 4 rings (SSSR count). The highest BCUT2D eigenvalue weighted by Gasteiger charge is 2.13. The number of para-hydroxylation sites is 2. The Kier molecular flexibility index (Phi) is 4.26. The molecule has 0 aliphatic rings. The average molecular weight is 355 g/mol. The molecule has 0 aliphatic heterocycles. The first kappa shape index (κ1) is 16.7. The van der Waals surface area contributed by atoms with Crippen LogP contribution in [0.4, 0.5) is 0 Å². The van der Waals surface area contributed by atoms with E-state index >= 15 is 0 Å². The van der Waals surface area contributed by atoms with Crippen molar-refractivity contribution >= 4 is 17.1 Å². The van der Waals surface area contributed by atoms with Crippen molar-refractivity contribution in [2.24, 2.45) is 5.10 Å². The van der Waals surface area contributed by atoms with Crippen molar-refractivity contribution in [3.05, 3.63) is 94.3 Å². The molecule has 1 aromatic heterocycles. The Hall–Kier alpha value is -3.73. The minimum absolute atomic E-state index is 0.0977. The monoisotopic (exact) mass is 355 g/mol. The zero-order valence-electron chi connectivity index (χ0n) is 14.7. The summed E-state index contributed by atoms with van der Waals surface area (Å²) in [5.74, 6) is 0.559. The maximum atomic E-state index is 13.1. The lowest BCUT2D eigenvalue weighted by Crippen LogP contribution is -2.20. The molecule has 132 valence electrons. The lowest BCUT2D eigenvalue weighted by atomic mass is 10.1. The Labute approximate surface area is 155 Å². The molecule has 0 spiro atoms. The van der Waals surface area contributed by atoms with Crippen LogP contribution in [0, 0.1) is 6.92 Å². The number of fused-ring (bicyclic) bond motifs is 1. The molecule has 0 saturated carbocycles. The van der Waals surface area contributed by atoms with Gasteiger partial charge < -0.3 is 5.11 Å². The van der Waals surface area contributed by atoms with Crippen LogP contribution in [-0.4, -0.2) is 21.0 Å². The summed E-state index contributed by atoms with van der Waals surface area (Å²) in [5.41, 5.74) is 2.70. The third-order valence-corrected chi connectivity index (χ3v) is 4.39. The van der Waals surface area contributed by atoms with E-state index in [0.29, 0.717) is 22.3 Å². The Bertz CT molecular complexity index is 1230. The van der Waals surface area contributed by atoms with Gasteiger partial charge in [-0.1, -0.05) is 48.5 Å². The van der Waals surface area contributed by atoms with E-state index in [9.17, 15) is 9.90 Å². The summed E-state index contributed by atoms with van der Waals surface area (Å²) >= 11 is 0. The number of aromatic nitrogens is 2. The predicted molar refractivity (Wildman–Crippen MR) is 107 cm³/mol. The Morgan fingerprint density at radius 1 is 0.963 bits per heavy atom. The van der Waals surface area contributed by atoms with Crippen LogP contribution in [0.3, 0.4) is 0 Å². The molecular weight excluding hydrogens is 338 g/mol. The molecule has 5 nitrogen and oxygen atoms in total. The summed E-state index contributed by atoms with van der Waals surface area (Å²) in [6, 6.07) is 21.8. The van der Waals surface area contributed by atoms with Crippen LogP contribution in [0.25, 0.3) is 22.3 Å². The number of nitrogens with zero attached hydrogens (tertiary/aromatic N) is 3. The van der Waals surface area contributed by atoms with Gasteiger partial charge in [-0.3, -0.25) is 4.79 Å². The number of aromatic hydroxyl groups is 1. The van der Waals surface area contributed by atoms with Gasteiger partial charge in [-0.2, -0.15) is 9.78 Å². The third-order valence-electron chi connectivity index (χ3n) is 4.39. The third kappa shape index (κ3) is 3.11. The van der Waals surface area contributed by atoms with Crippen molar-refractivity contribution in [3.63, 3.8) is 0 Å². The highest BCUT2D eigenvalue weighted by atomic mass is 16.3. The van der Waals surface area contributed by atoms with Gasteiger partial charge in [-0.15, -0.1) is 0 Å². The van der Waals surface area contributed by atoms with Crippen LogP contribution in [-0.2, 0) is 0 Å². The molecule has 0 bridgehead atoms. The Morgan fingerprint density at radius 3 is 2.48 bits per heavy atom. The molecule has 0 saturated heterocycles. The van der Waals surface area contributed by atoms with Crippen molar-refractivity contribution in [1.82, 2.24) is 9.66 Å². The molecule has 1 heterocycles. The summed E-state index contributed by atoms with van der Waals surface area (Å²) in [5, 5.41) is 14.8. The predicted octanol–water partition coefficient (Wildman–Crippen LogP) is 3.96. The van der Waals surface area contributed by atoms with E-state index in [1.54, 1.807) is 36.4 Å². The van der Waals surface area contributed by atoms with Crippen molar-refractivity contribution in [2.75, 3.05) is 0 Å². The van der Waals surface area contributed by atoms with E-state index in [-0.39, 0.29) is 11.3 Å². The van der Waals surface area contributed by atoms with Gasteiger partial charge >= 0.3 is 0 Å². The van der Waals surface area contributed by atoms with Crippen LogP contribution in [0.15, 0.2) is 82.7 Å². The topological polar surface area (TPSA) is 67.5 Å². The van der Waals surface area contributed by atoms with E-state index < -0.39 is 0 Å². The van der Waals surface area contributed by atoms with Gasteiger partial charge in [0, 0.05) is 11.1 Å². The quantitative estimate of drug-likeness (QED) is 0.566. The van der Waals surface area contributed by atoms with Gasteiger partial charge in [0.25, 0.3) is 5.56 Å². The maximum Gasteiger partial charge on any atom is 0.282 e. The lowest BCUT2D eigenvalue weighted by Gasteiger charge is -2.11. The number of hydrogen-bond donors (Lipinski definition) is 1. The molecule has 0 unspecified atom stereocenters. The average Bonchev–Trinajstić information content (AvgIpc) is 2.69. The van der Waals surface area contributed by atoms with Crippen LogP contribution in [0.5, 0.6) is 5.75 Å². The lowest BCUT2D eigenvalue weighted by molar-refractivity contribution is 0.474. The van der Waals surface area contributed by atoms with Crippen LogP contribution < -0.4 is 5.56 Å². The second-order valence-electron chi connectivity index (χ2n) is 6.19. The molecule has 0 atom stereocenters. The summed E-state index contributed by atoms with van der Waals surface area (Å²) < 4.78 is 1.29. The van der Waals surface area contributed by atoms with Crippen LogP contribution in [0.2, 0.25) is 0 Å². The first-order valence-corrected chi connectivity index (χ1v) is 8.55. The normalized spacial score (nSPS) is 11.3. The molecular formula is C22H17N3O2. The minimum atomic E-state index is -0.259. The molecule has 3 aromatic carbocycles. The van der Waals surface area contributed by atoms with E-state index in [2.05, 4.69) is 10.1 Å². The molecule has 27 heavy (non-hydrogen) atoms. The number of phenols is 1. The second kappa shape index (κ2) is 6.88. The van der Waals surface area contributed by atoms with Crippen molar-refractivity contribution in [3.8, 4) is 17.1 Å². The SMILES string of the molecule is Cc1ccccc1-c1nc2ccccc2c(=O)n1N=Cc1ccccc1O. The standard InChI is InChI=1S/C22H17N3O2/c1-15-8-2-4-10-17(15)21-24-19-12-6-5-11-18(19)22(27)25(21)23-14-16-9-3-7-13-20(16)26/h2-14,26H,1H3. The Balaban J connectivity index is 1.99. The number of rotatable bonds is 3. The number of benzene rings is 3. The highest BCUT2D eigenvalue weighted by molar-refractivity contribution is 5.84. The van der Waals surface area contributed by atoms with Crippen molar-refractivity contribution in [1.29, 1.82) is 0 Å². The summed E-state index contributed by atoms with van der Waals surface area (Å²) in [6.07, 6.45) is 1.47. The van der Waals surface area contributed by atoms with Crippen molar-refractivity contribution in [2.45, 2.75) is 6.92 Å². The fourth-order valence-corrected chi connectivity index (χ4v) is 2.95. The van der Waals surface area contributed by atoms with E-state index in [1.165, 1.54) is 10.9 Å². The highest BCUT2D eigenvalue weighted by Crippen LogP contribution is 2.22. The molecule has 0 radical (unpaired) electrons. The van der Waals surface area contributed by atoms with Gasteiger partial charge in [0.2, 0.25) is 0 Å². The molecule has 1 N–H and O–H groups in total. The smallest absolute Gasteiger partial charge is 0.282 e. The minimum Gasteiger partial charge on any atom is -0.507 e. The number of hydrogen-bond acceptors (Lipinski definition) is 4. The fourth-order valence-electron chi connectivity index (χ4n) is 2.95. The van der Waals surface area contributed by atoms with E-state index in [1.807, 2.05) is 43.3 Å². The molecule has 0 amide bonds. The summed E-state index contributed by atoms with van der Waals surface area (Å²) in [4.78, 5) is 17.8. The first-order valence-electron chi connectivity index (χ1n) is 8.55. The zero-order valence-corrected chi connectivity index (χ0v) is 14.7. The van der Waals surface area contributed by atoms with Gasteiger partial charge in [-0.05, 0) is 36.8 Å². The summed E-state index contributed by atoms with van der Waals surface area (Å²) in [6.45, 7) is 1.97. The van der Waals surface area contributed by atoms with Gasteiger partial charge in [0.15, 0.2) is 5.82 Å². The molecule has 0 aliphatic carbocycles. The molecule has 0 fully saturated rings. The summed E-state index contributed by atoms with van der Waals surface area (Å²) in [7, 11) is 0. The zero-order chi connectivity index (χ0) is 18.8. The van der Waals surface area contributed by atoms with Gasteiger partial charge in [0.05, 0.1) is 17.1 Å². The number of phenolic OH excluding ortho intramolecular Hbond substituents is 1. The largest absolute Gasteiger partial charge is 0.507 e. The van der Waals surface area contributed by atoms with E-state index in [4.69, 9.17) is 0 Å². The first-order chi connectivity index (χ1) is 13.1.